The van der Waals surface area contributed by atoms with E-state index in [-0.39, 0.29) is 23.8 Å². The van der Waals surface area contributed by atoms with Crippen LogP contribution in [0.15, 0.2) is 27.7 Å². The molecule has 1 aromatic rings. The lowest BCUT2D eigenvalue weighted by atomic mass is 10.2. The largest absolute Gasteiger partial charge is 0.573 e. The molecular formula is C9H9BrF3N3O. The average Bonchev–Trinajstić information content (AvgIpc) is 2.13. The maximum absolute atomic E-state index is 12.1. The van der Waals surface area contributed by atoms with Crippen molar-refractivity contribution in [2.75, 3.05) is 0 Å². The number of aliphatic imine (C=N–C) groups is 1. The van der Waals surface area contributed by atoms with Crippen molar-refractivity contribution in [2.45, 2.75) is 12.9 Å². The highest BCUT2D eigenvalue weighted by Gasteiger charge is 2.32. The zero-order valence-electron chi connectivity index (χ0n) is 8.46. The number of alkyl halides is 3. The number of ether oxygens (including phenoxy) is 1. The van der Waals surface area contributed by atoms with Gasteiger partial charge in [-0.25, -0.2) is 4.99 Å². The van der Waals surface area contributed by atoms with Gasteiger partial charge in [-0.1, -0.05) is 22.0 Å². The zero-order chi connectivity index (χ0) is 13.1. The number of nitrogens with two attached hydrogens (primary N) is 2. The third kappa shape index (κ3) is 4.94. The third-order valence-corrected chi connectivity index (χ3v) is 2.18. The summed E-state index contributed by atoms with van der Waals surface area (Å²) in [6, 6.07) is 4.21. The van der Waals surface area contributed by atoms with Gasteiger partial charge in [0, 0.05) is 10.0 Å². The Hall–Kier alpha value is -1.44. The minimum absolute atomic E-state index is 0.0823. The Balaban J connectivity index is 2.99. The smallest absolute Gasteiger partial charge is 0.405 e. The lowest BCUT2D eigenvalue weighted by Crippen LogP contribution is -2.23. The summed E-state index contributed by atoms with van der Waals surface area (Å²) in [4.78, 5) is 3.62. The first-order chi connectivity index (χ1) is 7.78. The molecule has 1 aromatic carbocycles. The van der Waals surface area contributed by atoms with E-state index in [1.165, 1.54) is 12.1 Å². The highest BCUT2D eigenvalue weighted by molar-refractivity contribution is 9.10. The van der Waals surface area contributed by atoms with E-state index in [0.29, 0.717) is 4.47 Å². The fraction of sp³-hybridized carbons (Fsp3) is 0.222. The molecule has 4 nitrogen and oxygen atoms in total. The second kappa shape index (κ2) is 5.26. The molecule has 0 saturated heterocycles. The first-order valence-electron chi connectivity index (χ1n) is 4.37. The van der Waals surface area contributed by atoms with E-state index in [0.717, 1.165) is 0 Å². The van der Waals surface area contributed by atoms with Crippen LogP contribution in [0.2, 0.25) is 0 Å². The van der Waals surface area contributed by atoms with E-state index in [2.05, 4.69) is 25.7 Å². The van der Waals surface area contributed by atoms with Crippen LogP contribution in [0.4, 0.5) is 13.2 Å². The quantitative estimate of drug-likeness (QED) is 0.663. The Bertz CT molecular complexity index is 430. The Morgan fingerprint density at radius 1 is 1.35 bits per heavy atom. The third-order valence-electron chi connectivity index (χ3n) is 1.69. The summed E-state index contributed by atoms with van der Waals surface area (Å²) in [6.45, 7) is -0.0823. The molecule has 4 N–H and O–H groups in total. The minimum Gasteiger partial charge on any atom is -0.405 e. The standard InChI is InChI=1S/C9H9BrF3N3O/c10-6-2-1-5(4-16-8(14)15)7(3-6)17-9(11,12)13/h1-3H,4H2,(H4,14,15,16). The summed E-state index contributed by atoms with van der Waals surface area (Å²) in [5.74, 6) is -0.539. The van der Waals surface area contributed by atoms with Crippen LogP contribution in [0.3, 0.4) is 0 Å². The molecule has 0 atom stereocenters. The van der Waals surface area contributed by atoms with Crippen molar-refractivity contribution in [3.8, 4) is 5.75 Å². The van der Waals surface area contributed by atoms with E-state index in [4.69, 9.17) is 11.5 Å². The summed E-state index contributed by atoms with van der Waals surface area (Å²) in [7, 11) is 0. The Morgan fingerprint density at radius 3 is 2.53 bits per heavy atom. The van der Waals surface area contributed by atoms with Crippen LogP contribution in [-0.4, -0.2) is 12.3 Å². The molecule has 94 valence electrons. The summed E-state index contributed by atoms with van der Waals surface area (Å²) in [6.07, 6.45) is -4.76. The van der Waals surface area contributed by atoms with Crippen molar-refractivity contribution in [3.05, 3.63) is 28.2 Å². The summed E-state index contributed by atoms with van der Waals surface area (Å²) < 4.78 is 40.7. The normalized spacial score (nSPS) is 11.1. The molecule has 0 aliphatic heterocycles. The molecule has 8 heteroatoms. The molecule has 0 spiro atoms. The van der Waals surface area contributed by atoms with Gasteiger partial charge < -0.3 is 16.2 Å². The molecule has 0 fully saturated rings. The molecule has 0 radical (unpaired) electrons. The predicted octanol–water partition coefficient (Wildman–Crippen LogP) is 2.12. The van der Waals surface area contributed by atoms with E-state index < -0.39 is 6.36 Å². The Kier molecular flexibility index (Phi) is 4.22. The topological polar surface area (TPSA) is 73.6 Å². The summed E-state index contributed by atoms with van der Waals surface area (Å²) in [5.41, 5.74) is 10.4. The molecule has 0 aliphatic rings. The molecule has 1 rings (SSSR count). The van der Waals surface area contributed by atoms with E-state index in [1.54, 1.807) is 6.07 Å². The van der Waals surface area contributed by atoms with Crippen LogP contribution < -0.4 is 16.2 Å². The van der Waals surface area contributed by atoms with Crippen molar-refractivity contribution in [2.24, 2.45) is 16.5 Å². The number of nitrogens with zero attached hydrogens (tertiary/aromatic N) is 1. The molecule has 0 saturated carbocycles. The second-order valence-electron chi connectivity index (χ2n) is 3.04. The molecule has 0 heterocycles. The monoisotopic (exact) mass is 311 g/mol. The van der Waals surface area contributed by atoms with Crippen molar-refractivity contribution < 1.29 is 17.9 Å². The van der Waals surface area contributed by atoms with Gasteiger partial charge in [0.05, 0.1) is 6.54 Å². The highest BCUT2D eigenvalue weighted by Crippen LogP contribution is 2.29. The molecule has 0 aromatic heterocycles. The van der Waals surface area contributed by atoms with Gasteiger partial charge in [0.2, 0.25) is 0 Å². The molecule has 0 amide bonds. The maximum atomic E-state index is 12.1. The average molecular weight is 312 g/mol. The number of hydrogen-bond donors (Lipinski definition) is 2. The molecule has 0 bridgehead atoms. The van der Waals surface area contributed by atoms with Crippen LogP contribution in [0.25, 0.3) is 0 Å². The van der Waals surface area contributed by atoms with Crippen molar-refractivity contribution in [3.63, 3.8) is 0 Å². The summed E-state index contributed by atoms with van der Waals surface area (Å²) in [5, 5.41) is 0. The van der Waals surface area contributed by atoms with Crippen molar-refractivity contribution in [1.82, 2.24) is 0 Å². The molecular weight excluding hydrogens is 303 g/mol. The SMILES string of the molecule is NC(N)=NCc1ccc(Br)cc1OC(F)(F)F. The van der Waals surface area contributed by atoms with E-state index >= 15 is 0 Å². The van der Waals surface area contributed by atoms with Gasteiger partial charge in [-0.05, 0) is 12.1 Å². The fourth-order valence-corrected chi connectivity index (χ4v) is 1.40. The van der Waals surface area contributed by atoms with Crippen LogP contribution >= 0.6 is 15.9 Å². The lowest BCUT2D eigenvalue weighted by Gasteiger charge is -2.12. The van der Waals surface area contributed by atoms with Gasteiger partial charge in [-0.15, -0.1) is 13.2 Å². The predicted molar refractivity (Wildman–Crippen MR) is 60.3 cm³/mol. The van der Waals surface area contributed by atoms with Gasteiger partial charge in [0.15, 0.2) is 5.96 Å². The van der Waals surface area contributed by atoms with Crippen molar-refractivity contribution >= 4 is 21.9 Å². The maximum Gasteiger partial charge on any atom is 0.573 e. The number of halogens is 4. The molecule has 0 unspecified atom stereocenters. The zero-order valence-corrected chi connectivity index (χ0v) is 10.0. The Labute approximate surface area is 104 Å². The number of benzene rings is 1. The van der Waals surface area contributed by atoms with Gasteiger partial charge in [-0.2, -0.15) is 0 Å². The van der Waals surface area contributed by atoms with Gasteiger partial charge in [0.25, 0.3) is 0 Å². The van der Waals surface area contributed by atoms with Crippen LogP contribution in [-0.2, 0) is 6.54 Å². The van der Waals surface area contributed by atoms with Crippen LogP contribution in [0.1, 0.15) is 5.56 Å². The molecule has 17 heavy (non-hydrogen) atoms. The fourth-order valence-electron chi connectivity index (χ4n) is 1.06. The number of hydrogen-bond acceptors (Lipinski definition) is 2. The summed E-state index contributed by atoms with van der Waals surface area (Å²) >= 11 is 3.05. The second-order valence-corrected chi connectivity index (χ2v) is 3.96. The highest BCUT2D eigenvalue weighted by atomic mass is 79.9. The first-order valence-corrected chi connectivity index (χ1v) is 5.17. The molecule has 0 aliphatic carbocycles. The van der Waals surface area contributed by atoms with E-state index in [1.807, 2.05) is 0 Å². The van der Waals surface area contributed by atoms with Gasteiger partial charge in [-0.3, -0.25) is 0 Å². The van der Waals surface area contributed by atoms with Crippen LogP contribution in [0, 0.1) is 0 Å². The number of rotatable bonds is 3. The van der Waals surface area contributed by atoms with Crippen molar-refractivity contribution in [1.29, 1.82) is 0 Å². The minimum atomic E-state index is -4.76. The van der Waals surface area contributed by atoms with Gasteiger partial charge in [0.1, 0.15) is 5.75 Å². The van der Waals surface area contributed by atoms with E-state index in [9.17, 15) is 13.2 Å². The van der Waals surface area contributed by atoms with Crippen LogP contribution in [0.5, 0.6) is 5.75 Å². The lowest BCUT2D eigenvalue weighted by molar-refractivity contribution is -0.274. The number of guanidine groups is 1. The first kappa shape index (κ1) is 13.6. The Morgan fingerprint density at radius 2 is 2.00 bits per heavy atom. The van der Waals surface area contributed by atoms with Gasteiger partial charge >= 0.3 is 6.36 Å².